The van der Waals surface area contributed by atoms with E-state index in [0.717, 1.165) is 34.5 Å². The Hall–Kier alpha value is -2.87. The fourth-order valence-electron chi connectivity index (χ4n) is 3.03. The number of carbonyl (C=O) groups excluding carboxylic acids is 1. The molecule has 106 valence electrons. The van der Waals surface area contributed by atoms with E-state index in [1.54, 1.807) is 0 Å². The zero-order chi connectivity index (χ0) is 14.9. The van der Waals surface area contributed by atoms with Crippen molar-refractivity contribution in [1.82, 2.24) is 4.90 Å². The minimum absolute atomic E-state index is 0.106. The lowest BCUT2D eigenvalue weighted by molar-refractivity contribution is -0.110. The summed E-state index contributed by atoms with van der Waals surface area (Å²) in [7, 11) is 0. The van der Waals surface area contributed by atoms with Gasteiger partial charge in [-0.25, -0.2) is 0 Å². The van der Waals surface area contributed by atoms with Gasteiger partial charge in [0.1, 0.15) is 0 Å². The van der Waals surface area contributed by atoms with Gasteiger partial charge in [0, 0.05) is 6.20 Å². The molecule has 0 amide bonds. The number of ketones is 1. The molecule has 0 aliphatic carbocycles. The number of hydrogen-bond donors (Lipinski definition) is 0. The summed E-state index contributed by atoms with van der Waals surface area (Å²) in [5.74, 6) is 0.106. The molecule has 0 radical (unpaired) electrons. The second-order valence-electron chi connectivity index (χ2n) is 5.36. The van der Waals surface area contributed by atoms with E-state index in [4.69, 9.17) is 0 Å². The summed E-state index contributed by atoms with van der Waals surface area (Å²) >= 11 is 0. The highest BCUT2D eigenvalue weighted by molar-refractivity contribution is 6.37. The first kappa shape index (κ1) is 12.8. The zero-order valence-corrected chi connectivity index (χ0v) is 12.1. The first-order valence-electron chi connectivity index (χ1n) is 7.42. The Labute approximate surface area is 129 Å². The van der Waals surface area contributed by atoms with Gasteiger partial charge in [0.05, 0.1) is 17.0 Å². The molecular formula is C20H15NO. The molecule has 22 heavy (non-hydrogen) atoms. The Bertz CT molecular complexity index is 813. The first-order chi connectivity index (χ1) is 10.9. The molecule has 2 aliphatic heterocycles. The lowest BCUT2D eigenvalue weighted by Gasteiger charge is -2.21. The third-order valence-corrected chi connectivity index (χ3v) is 4.01. The van der Waals surface area contributed by atoms with E-state index in [2.05, 4.69) is 18.2 Å². The number of hydrogen-bond acceptors (Lipinski definition) is 2. The predicted octanol–water partition coefficient (Wildman–Crippen LogP) is 4.24. The van der Waals surface area contributed by atoms with Crippen molar-refractivity contribution in [3.05, 3.63) is 95.8 Å². The number of allylic oxidation sites excluding steroid dienone is 3. The molecule has 0 aromatic heterocycles. The molecule has 0 saturated carbocycles. The molecule has 2 heterocycles. The van der Waals surface area contributed by atoms with E-state index in [9.17, 15) is 4.79 Å². The lowest BCUT2D eigenvalue weighted by Crippen LogP contribution is -2.14. The molecule has 0 N–H and O–H groups in total. The van der Waals surface area contributed by atoms with Crippen LogP contribution in [0.1, 0.15) is 17.5 Å². The summed E-state index contributed by atoms with van der Waals surface area (Å²) in [4.78, 5) is 14.9. The molecule has 2 heteroatoms. The van der Waals surface area contributed by atoms with Gasteiger partial charge in [0.25, 0.3) is 0 Å². The van der Waals surface area contributed by atoms with E-state index in [0.29, 0.717) is 0 Å². The molecule has 2 aromatic carbocycles. The van der Waals surface area contributed by atoms with E-state index in [1.165, 1.54) is 0 Å². The number of benzene rings is 2. The molecular weight excluding hydrogens is 270 g/mol. The lowest BCUT2D eigenvalue weighted by atomic mass is 9.98. The average Bonchev–Trinajstić information content (AvgIpc) is 2.90. The van der Waals surface area contributed by atoms with Crippen LogP contribution in [0.25, 0.3) is 11.3 Å². The maximum Gasteiger partial charge on any atom is 0.212 e. The Morgan fingerprint density at radius 3 is 2.14 bits per heavy atom. The van der Waals surface area contributed by atoms with Crippen LogP contribution in [0.4, 0.5) is 0 Å². The van der Waals surface area contributed by atoms with Crippen molar-refractivity contribution in [2.24, 2.45) is 0 Å². The van der Waals surface area contributed by atoms with Gasteiger partial charge in [0.2, 0.25) is 5.78 Å². The van der Waals surface area contributed by atoms with E-state index < -0.39 is 0 Å². The summed E-state index contributed by atoms with van der Waals surface area (Å²) in [5.41, 5.74) is 4.54. The summed E-state index contributed by atoms with van der Waals surface area (Å²) in [6.45, 7) is 0. The number of nitrogens with zero attached hydrogens (tertiary/aromatic N) is 1. The Morgan fingerprint density at radius 2 is 1.45 bits per heavy atom. The van der Waals surface area contributed by atoms with Crippen LogP contribution < -0.4 is 0 Å². The monoisotopic (exact) mass is 285 g/mol. The van der Waals surface area contributed by atoms with Crippen LogP contribution in [-0.4, -0.2) is 10.7 Å². The van der Waals surface area contributed by atoms with Crippen molar-refractivity contribution in [2.45, 2.75) is 6.42 Å². The fourth-order valence-corrected chi connectivity index (χ4v) is 3.03. The molecule has 0 unspecified atom stereocenters. The summed E-state index contributed by atoms with van der Waals surface area (Å²) in [6.07, 6.45) is 6.89. The summed E-state index contributed by atoms with van der Waals surface area (Å²) in [6, 6.07) is 20.0. The second kappa shape index (κ2) is 5.15. The highest BCUT2D eigenvalue weighted by Gasteiger charge is 2.35. The van der Waals surface area contributed by atoms with Crippen molar-refractivity contribution in [3.63, 3.8) is 0 Å². The molecule has 0 saturated heterocycles. The maximum absolute atomic E-state index is 12.9. The molecule has 2 nitrogen and oxygen atoms in total. The van der Waals surface area contributed by atoms with Gasteiger partial charge in [-0.15, -0.1) is 0 Å². The Morgan fingerprint density at radius 1 is 0.818 bits per heavy atom. The predicted molar refractivity (Wildman–Crippen MR) is 88.4 cm³/mol. The number of carbonyl (C=O) groups is 1. The van der Waals surface area contributed by atoms with Gasteiger partial charge in [-0.3, -0.25) is 4.79 Å². The zero-order valence-electron chi connectivity index (χ0n) is 12.1. The third-order valence-electron chi connectivity index (χ3n) is 4.01. The maximum atomic E-state index is 12.9. The van der Waals surface area contributed by atoms with Crippen LogP contribution in [0.5, 0.6) is 0 Å². The van der Waals surface area contributed by atoms with Crippen LogP contribution in [0, 0.1) is 0 Å². The van der Waals surface area contributed by atoms with Crippen molar-refractivity contribution in [2.75, 3.05) is 0 Å². The van der Waals surface area contributed by atoms with Crippen LogP contribution in [0.2, 0.25) is 0 Å². The van der Waals surface area contributed by atoms with Crippen molar-refractivity contribution in [1.29, 1.82) is 0 Å². The van der Waals surface area contributed by atoms with Crippen molar-refractivity contribution < 1.29 is 4.79 Å². The van der Waals surface area contributed by atoms with Crippen molar-refractivity contribution >= 4 is 17.1 Å². The topological polar surface area (TPSA) is 20.3 Å². The number of Topliss-reactive ketones (excluding diaryl/α,β-unsaturated/α-hetero) is 1. The van der Waals surface area contributed by atoms with Crippen LogP contribution >= 0.6 is 0 Å². The molecule has 0 atom stereocenters. The molecule has 0 fully saturated rings. The van der Waals surface area contributed by atoms with E-state index >= 15 is 0 Å². The van der Waals surface area contributed by atoms with Gasteiger partial charge in [-0.2, -0.15) is 0 Å². The van der Waals surface area contributed by atoms with Crippen LogP contribution in [-0.2, 0) is 4.79 Å². The highest BCUT2D eigenvalue weighted by atomic mass is 16.1. The van der Waals surface area contributed by atoms with Gasteiger partial charge < -0.3 is 4.90 Å². The third kappa shape index (κ3) is 1.92. The minimum atomic E-state index is 0.106. The number of rotatable bonds is 2. The molecule has 2 aromatic rings. The second-order valence-corrected chi connectivity index (χ2v) is 5.36. The smallest absolute Gasteiger partial charge is 0.212 e. The minimum Gasteiger partial charge on any atom is -0.313 e. The van der Waals surface area contributed by atoms with E-state index in [1.807, 2.05) is 65.7 Å². The molecule has 4 rings (SSSR count). The summed E-state index contributed by atoms with van der Waals surface area (Å²) in [5, 5.41) is 0. The SMILES string of the molecule is O=C1C2=CCC=CN2C(c2ccccc2)=C1c1ccccc1. The van der Waals surface area contributed by atoms with Gasteiger partial charge >= 0.3 is 0 Å². The first-order valence-corrected chi connectivity index (χ1v) is 7.42. The normalized spacial score (nSPS) is 16.8. The number of fused-ring (bicyclic) bond motifs is 1. The van der Waals surface area contributed by atoms with E-state index in [-0.39, 0.29) is 5.78 Å². The largest absolute Gasteiger partial charge is 0.313 e. The Balaban J connectivity index is 1.99. The molecule has 2 aliphatic rings. The van der Waals surface area contributed by atoms with Gasteiger partial charge in [0.15, 0.2) is 0 Å². The standard InChI is InChI=1S/C20H15NO/c22-20-17-13-7-8-14-21(17)19(16-11-5-2-6-12-16)18(20)15-9-3-1-4-10-15/h1-6,8-14H,7H2. The average molecular weight is 285 g/mol. The molecule has 0 bridgehead atoms. The highest BCUT2D eigenvalue weighted by Crippen LogP contribution is 2.42. The van der Waals surface area contributed by atoms with Gasteiger partial charge in [-0.05, 0) is 17.5 Å². The molecule has 0 spiro atoms. The quantitative estimate of drug-likeness (QED) is 0.822. The van der Waals surface area contributed by atoms with Crippen molar-refractivity contribution in [3.8, 4) is 0 Å². The fraction of sp³-hybridized carbons (Fsp3) is 0.0500. The Kier molecular flexibility index (Phi) is 3.01. The van der Waals surface area contributed by atoms with Gasteiger partial charge in [-0.1, -0.05) is 72.8 Å². The van der Waals surface area contributed by atoms with Crippen LogP contribution in [0.3, 0.4) is 0 Å². The van der Waals surface area contributed by atoms with Crippen LogP contribution in [0.15, 0.2) is 84.7 Å². The summed E-state index contributed by atoms with van der Waals surface area (Å²) < 4.78 is 0.